The van der Waals surface area contributed by atoms with Gasteiger partial charge in [0, 0.05) is 17.8 Å². The summed E-state index contributed by atoms with van der Waals surface area (Å²) >= 11 is 1.77. The molecule has 0 aromatic carbocycles. The Morgan fingerprint density at radius 3 is 3.18 bits per heavy atom. The van der Waals surface area contributed by atoms with E-state index >= 15 is 0 Å². The third-order valence-corrected chi connectivity index (χ3v) is 4.24. The normalized spacial score (nSPS) is 20.9. The van der Waals surface area contributed by atoms with E-state index in [1.807, 2.05) is 6.20 Å². The maximum absolute atomic E-state index is 4.49. The Hall–Kier alpha value is -0.540. The highest BCUT2D eigenvalue weighted by Crippen LogP contribution is 2.35. The van der Waals surface area contributed by atoms with Crippen molar-refractivity contribution in [3.05, 3.63) is 23.9 Å². The van der Waals surface area contributed by atoms with E-state index in [9.17, 15) is 0 Å². The van der Waals surface area contributed by atoms with Gasteiger partial charge in [-0.3, -0.25) is 4.90 Å². The van der Waals surface area contributed by atoms with Crippen LogP contribution in [0.4, 0.5) is 0 Å². The average Bonchev–Trinajstić information content (AvgIpc) is 2.84. The van der Waals surface area contributed by atoms with Gasteiger partial charge in [0.05, 0.1) is 0 Å². The zero-order valence-electron chi connectivity index (χ0n) is 10.9. The summed E-state index contributed by atoms with van der Waals surface area (Å²) < 4.78 is 0. The molecule has 0 spiro atoms. The van der Waals surface area contributed by atoms with E-state index in [0.717, 1.165) is 0 Å². The van der Waals surface area contributed by atoms with Crippen LogP contribution in [0.25, 0.3) is 0 Å². The maximum atomic E-state index is 4.49. The Morgan fingerprint density at radius 1 is 1.53 bits per heavy atom. The minimum Gasteiger partial charge on any atom is -0.296 e. The summed E-state index contributed by atoms with van der Waals surface area (Å²) in [4.78, 5) is 7.13. The molecule has 2 rings (SSSR count). The molecule has 94 valence electrons. The molecule has 0 unspecified atom stereocenters. The lowest BCUT2D eigenvalue weighted by Gasteiger charge is -2.25. The van der Waals surface area contributed by atoms with E-state index in [4.69, 9.17) is 0 Å². The standard InChI is InChI=1S/C14H22N2S/c1-3-4-10-16-11-6-8-13(16)12-7-5-9-15-14(12)17-2/h5,7,9,13H,3-4,6,8,10-11H2,1-2H3/t13-/m1/s1. The van der Waals surface area contributed by atoms with E-state index in [0.29, 0.717) is 6.04 Å². The number of hydrogen-bond donors (Lipinski definition) is 0. The van der Waals surface area contributed by atoms with Crippen molar-refractivity contribution in [1.82, 2.24) is 9.88 Å². The molecule has 0 N–H and O–H groups in total. The second-order valence-corrected chi connectivity index (χ2v) is 5.44. The van der Waals surface area contributed by atoms with Crippen LogP contribution >= 0.6 is 11.8 Å². The van der Waals surface area contributed by atoms with E-state index < -0.39 is 0 Å². The number of aromatic nitrogens is 1. The largest absolute Gasteiger partial charge is 0.296 e. The molecule has 1 aromatic heterocycles. The van der Waals surface area contributed by atoms with E-state index in [1.165, 1.54) is 49.4 Å². The van der Waals surface area contributed by atoms with Crippen molar-refractivity contribution < 1.29 is 0 Å². The number of pyridine rings is 1. The molecular weight excluding hydrogens is 228 g/mol. The zero-order valence-corrected chi connectivity index (χ0v) is 11.7. The highest BCUT2D eigenvalue weighted by atomic mass is 32.2. The topological polar surface area (TPSA) is 16.1 Å². The summed E-state index contributed by atoms with van der Waals surface area (Å²) in [5, 5.41) is 1.21. The zero-order chi connectivity index (χ0) is 12.1. The third kappa shape index (κ3) is 3.02. The first-order valence-electron chi connectivity index (χ1n) is 6.59. The molecule has 1 aliphatic rings. The van der Waals surface area contributed by atoms with Crippen molar-refractivity contribution in [1.29, 1.82) is 0 Å². The smallest absolute Gasteiger partial charge is 0.100 e. The van der Waals surface area contributed by atoms with E-state index in [2.05, 4.69) is 35.2 Å². The molecule has 0 amide bonds. The summed E-state index contributed by atoms with van der Waals surface area (Å²) in [7, 11) is 0. The Kier molecular flexibility index (Phi) is 4.86. The highest BCUT2D eigenvalue weighted by Gasteiger charge is 2.27. The molecule has 0 aliphatic carbocycles. The third-order valence-electron chi connectivity index (χ3n) is 3.52. The van der Waals surface area contributed by atoms with Crippen molar-refractivity contribution in [2.24, 2.45) is 0 Å². The molecule has 1 aliphatic heterocycles. The van der Waals surface area contributed by atoms with Gasteiger partial charge in [0.2, 0.25) is 0 Å². The number of rotatable bonds is 5. The fraction of sp³-hybridized carbons (Fsp3) is 0.643. The minimum absolute atomic E-state index is 0.609. The van der Waals surface area contributed by atoms with Gasteiger partial charge in [-0.05, 0) is 44.7 Å². The second-order valence-electron chi connectivity index (χ2n) is 4.65. The Morgan fingerprint density at radius 2 is 2.41 bits per heavy atom. The number of hydrogen-bond acceptors (Lipinski definition) is 3. The first-order valence-corrected chi connectivity index (χ1v) is 7.82. The van der Waals surface area contributed by atoms with Gasteiger partial charge in [-0.2, -0.15) is 0 Å². The van der Waals surface area contributed by atoms with Crippen molar-refractivity contribution in [3.8, 4) is 0 Å². The molecular formula is C14H22N2S. The van der Waals surface area contributed by atoms with Gasteiger partial charge in [-0.1, -0.05) is 19.4 Å². The van der Waals surface area contributed by atoms with Gasteiger partial charge in [-0.25, -0.2) is 4.98 Å². The average molecular weight is 250 g/mol. The Labute approximate surface area is 109 Å². The second kappa shape index (κ2) is 6.41. The quantitative estimate of drug-likeness (QED) is 0.741. The predicted molar refractivity (Wildman–Crippen MR) is 74.5 cm³/mol. The molecule has 0 bridgehead atoms. The van der Waals surface area contributed by atoms with Gasteiger partial charge in [0.15, 0.2) is 0 Å². The highest BCUT2D eigenvalue weighted by molar-refractivity contribution is 7.98. The molecule has 1 aromatic rings. The first kappa shape index (κ1) is 12.9. The van der Waals surface area contributed by atoms with Crippen LogP contribution in [0.1, 0.15) is 44.2 Å². The van der Waals surface area contributed by atoms with Crippen molar-refractivity contribution >= 4 is 11.8 Å². The number of likely N-dealkylation sites (tertiary alicyclic amines) is 1. The fourth-order valence-electron chi connectivity index (χ4n) is 2.63. The van der Waals surface area contributed by atoms with Crippen molar-refractivity contribution in [2.75, 3.05) is 19.3 Å². The SMILES string of the molecule is CCCCN1CCC[C@@H]1c1cccnc1SC. The van der Waals surface area contributed by atoms with Gasteiger partial charge in [0.25, 0.3) is 0 Å². The number of thioether (sulfide) groups is 1. The van der Waals surface area contributed by atoms with E-state index in [1.54, 1.807) is 11.8 Å². The van der Waals surface area contributed by atoms with Crippen LogP contribution in [0, 0.1) is 0 Å². The summed E-state index contributed by atoms with van der Waals surface area (Å²) in [6.07, 6.45) is 9.24. The Bertz CT molecular complexity index is 354. The molecule has 3 heteroatoms. The van der Waals surface area contributed by atoms with Gasteiger partial charge in [-0.15, -0.1) is 11.8 Å². The lowest BCUT2D eigenvalue weighted by Crippen LogP contribution is -2.24. The summed E-state index contributed by atoms with van der Waals surface area (Å²) in [5.74, 6) is 0. The monoisotopic (exact) mass is 250 g/mol. The van der Waals surface area contributed by atoms with Crippen molar-refractivity contribution in [2.45, 2.75) is 43.7 Å². The summed E-state index contributed by atoms with van der Waals surface area (Å²) in [6, 6.07) is 4.94. The van der Waals surface area contributed by atoms with Crippen LogP contribution in [-0.4, -0.2) is 29.2 Å². The molecule has 17 heavy (non-hydrogen) atoms. The van der Waals surface area contributed by atoms with Crippen LogP contribution < -0.4 is 0 Å². The predicted octanol–water partition coefficient (Wildman–Crippen LogP) is 3.74. The molecule has 0 saturated carbocycles. The van der Waals surface area contributed by atoms with Gasteiger partial charge >= 0.3 is 0 Å². The maximum Gasteiger partial charge on any atom is 0.100 e. The minimum atomic E-state index is 0.609. The molecule has 1 fully saturated rings. The fourth-order valence-corrected chi connectivity index (χ4v) is 3.24. The molecule has 1 saturated heterocycles. The van der Waals surface area contributed by atoms with E-state index in [-0.39, 0.29) is 0 Å². The summed E-state index contributed by atoms with van der Waals surface area (Å²) in [5.41, 5.74) is 1.44. The van der Waals surface area contributed by atoms with Crippen LogP contribution in [0.2, 0.25) is 0 Å². The van der Waals surface area contributed by atoms with Crippen LogP contribution in [0.15, 0.2) is 23.4 Å². The Balaban J connectivity index is 2.14. The van der Waals surface area contributed by atoms with Gasteiger partial charge < -0.3 is 0 Å². The molecule has 0 radical (unpaired) electrons. The van der Waals surface area contributed by atoms with Crippen LogP contribution in [0.5, 0.6) is 0 Å². The molecule has 2 heterocycles. The number of nitrogens with zero attached hydrogens (tertiary/aromatic N) is 2. The molecule has 1 atom stereocenters. The lowest BCUT2D eigenvalue weighted by atomic mass is 10.1. The lowest BCUT2D eigenvalue weighted by molar-refractivity contribution is 0.250. The number of unbranched alkanes of at least 4 members (excludes halogenated alkanes) is 1. The summed E-state index contributed by atoms with van der Waals surface area (Å²) in [6.45, 7) is 4.76. The van der Waals surface area contributed by atoms with Crippen molar-refractivity contribution in [3.63, 3.8) is 0 Å². The van der Waals surface area contributed by atoms with Crippen LogP contribution in [0.3, 0.4) is 0 Å². The first-order chi connectivity index (χ1) is 8.36. The molecule has 2 nitrogen and oxygen atoms in total. The van der Waals surface area contributed by atoms with Gasteiger partial charge in [0.1, 0.15) is 5.03 Å². The van der Waals surface area contributed by atoms with Crippen LogP contribution in [-0.2, 0) is 0 Å².